The Morgan fingerprint density at radius 2 is 1.14 bits per heavy atom. The van der Waals surface area contributed by atoms with Gasteiger partial charge < -0.3 is 50.2 Å². The third kappa shape index (κ3) is 23.5. The van der Waals surface area contributed by atoms with Crippen LogP contribution in [0.2, 0.25) is 0 Å². The molecular formula is C31H58Br2N3O6+. The van der Waals surface area contributed by atoms with Crippen LogP contribution in [0.4, 0.5) is 0 Å². The highest BCUT2D eigenvalue weighted by Gasteiger charge is 2.18. The van der Waals surface area contributed by atoms with E-state index in [0.717, 1.165) is 54.4 Å². The zero-order valence-corrected chi connectivity index (χ0v) is 30.3. The number of ketones is 1. The lowest BCUT2D eigenvalue weighted by Gasteiger charge is -2.31. The number of hydrogen-bond acceptors (Lipinski definition) is 6. The number of carbonyl (C=O) groups excluding carboxylic acids is 2. The minimum atomic E-state index is -0.0779. The molecule has 0 unspecified atom stereocenters. The highest BCUT2D eigenvalue weighted by atomic mass is 79.9. The Balaban J connectivity index is 0. The normalized spacial score (nSPS) is 11.5. The van der Waals surface area contributed by atoms with Crippen LogP contribution in [-0.2, 0) is 41.6 Å². The Morgan fingerprint density at radius 1 is 0.690 bits per heavy atom. The number of halogens is 2. The van der Waals surface area contributed by atoms with Crippen LogP contribution >= 0.6 is 17.0 Å². The molecule has 1 rings (SSSR count). The monoisotopic (exact) mass is 726 g/mol. The summed E-state index contributed by atoms with van der Waals surface area (Å²) in [5.74, 6) is 0.0908. The van der Waals surface area contributed by atoms with Gasteiger partial charge in [-0.2, -0.15) is 0 Å². The van der Waals surface area contributed by atoms with Crippen molar-refractivity contribution < 1.29 is 54.5 Å². The summed E-state index contributed by atoms with van der Waals surface area (Å²) in [7, 11) is 8.95. The van der Waals surface area contributed by atoms with Crippen molar-refractivity contribution in [3.05, 3.63) is 35.4 Å². The first kappa shape index (κ1) is 43.2. The first-order valence-electron chi connectivity index (χ1n) is 14.9. The summed E-state index contributed by atoms with van der Waals surface area (Å²) in [4.78, 5) is 23.9. The summed E-state index contributed by atoms with van der Waals surface area (Å²) in [6.07, 6.45) is 3.40. The fourth-order valence-electron chi connectivity index (χ4n) is 4.49. The van der Waals surface area contributed by atoms with Gasteiger partial charge in [0.15, 0.2) is 5.78 Å². The van der Waals surface area contributed by atoms with Crippen molar-refractivity contribution >= 4 is 28.7 Å². The Kier molecular flexibility index (Phi) is 26.1. The molecule has 9 nitrogen and oxygen atoms in total. The van der Waals surface area contributed by atoms with Crippen LogP contribution in [-0.4, -0.2) is 121 Å². The van der Waals surface area contributed by atoms with Gasteiger partial charge in [0.1, 0.15) is 26.3 Å². The van der Waals surface area contributed by atoms with Gasteiger partial charge in [-0.15, -0.1) is 17.0 Å². The number of nitrogens with one attached hydrogen (secondary N) is 1. The van der Waals surface area contributed by atoms with Gasteiger partial charge in [0.2, 0.25) is 5.91 Å². The predicted molar refractivity (Wildman–Crippen MR) is 169 cm³/mol. The van der Waals surface area contributed by atoms with E-state index in [1.54, 1.807) is 0 Å². The minimum Gasteiger partial charge on any atom is -1.00 e. The molecular weight excluding hydrogens is 670 g/mol. The van der Waals surface area contributed by atoms with E-state index in [0.29, 0.717) is 52.6 Å². The number of benzene rings is 1. The second kappa shape index (κ2) is 25.4. The molecule has 42 heavy (non-hydrogen) atoms. The lowest BCUT2D eigenvalue weighted by Crippen LogP contribution is -3.00. The third-order valence-corrected chi connectivity index (χ3v) is 6.62. The van der Waals surface area contributed by atoms with Crippen LogP contribution in [0.5, 0.6) is 0 Å². The van der Waals surface area contributed by atoms with E-state index < -0.39 is 0 Å². The number of unbranched alkanes of at least 4 members (excludes halogenated alkanes) is 1. The van der Waals surface area contributed by atoms with Gasteiger partial charge in [-0.3, -0.25) is 9.59 Å². The lowest BCUT2D eigenvalue weighted by molar-refractivity contribution is -0.904. The maximum atomic E-state index is 12.0. The molecule has 0 atom stereocenters. The van der Waals surface area contributed by atoms with Crippen molar-refractivity contribution in [2.75, 3.05) is 101 Å². The summed E-state index contributed by atoms with van der Waals surface area (Å²) in [6, 6.07) is 8.95. The van der Waals surface area contributed by atoms with Gasteiger partial charge in [-0.05, 0) is 26.7 Å². The van der Waals surface area contributed by atoms with Crippen molar-refractivity contribution in [1.29, 1.82) is 0 Å². The van der Waals surface area contributed by atoms with E-state index in [2.05, 4.69) is 57.8 Å². The van der Waals surface area contributed by atoms with Crippen LogP contribution in [0.25, 0.3) is 0 Å². The maximum Gasteiger partial charge on any atom is 0.246 e. The molecule has 0 spiro atoms. The summed E-state index contributed by atoms with van der Waals surface area (Å²) in [5.41, 5.74) is 2.64. The standard InChI is InChI=1S/C31H56N3O6.2BrH/c1-7-37-20-22-39-26-30(35)12-9-10-18-33(3,4)24-28-13-15-29(16-14-28)25-34(5,6)19-11-17-32-31(36)27-40-23-21-38-8-2;;/h13-16H,7-12,17-27H2,1-6H3;2*1H/q+1;;. The zero-order valence-electron chi connectivity index (χ0n) is 27.0. The molecule has 0 aromatic heterocycles. The lowest BCUT2D eigenvalue weighted by atomic mass is 10.1. The zero-order chi connectivity index (χ0) is 29.7. The van der Waals surface area contributed by atoms with E-state index in [1.165, 1.54) is 11.1 Å². The largest absolute Gasteiger partial charge is 1.00 e. The van der Waals surface area contributed by atoms with Crippen LogP contribution in [0.15, 0.2) is 24.3 Å². The molecule has 0 aliphatic heterocycles. The van der Waals surface area contributed by atoms with E-state index in [1.807, 2.05) is 13.8 Å². The molecule has 0 radical (unpaired) electrons. The second-order valence-corrected chi connectivity index (χ2v) is 11.6. The fourth-order valence-corrected chi connectivity index (χ4v) is 4.49. The SMILES string of the molecule is Br.CCOCCOCC(=O)CCCC[N+](C)(C)Cc1ccc(C[N+](C)(C)CCCNC(=O)COCCOCC)cc1.[Br-]. The number of ether oxygens (including phenoxy) is 4. The Morgan fingerprint density at radius 3 is 1.64 bits per heavy atom. The van der Waals surface area contributed by atoms with Crippen LogP contribution in [0.1, 0.15) is 50.7 Å². The Hall–Kier alpha value is -0.920. The summed E-state index contributed by atoms with van der Waals surface area (Å²) in [5, 5.41) is 2.93. The van der Waals surface area contributed by atoms with Gasteiger partial charge in [-0.25, -0.2) is 0 Å². The minimum absolute atomic E-state index is 0. The molecule has 0 bridgehead atoms. The molecule has 1 aromatic carbocycles. The van der Waals surface area contributed by atoms with Crippen LogP contribution < -0.4 is 22.3 Å². The number of Topliss-reactive ketones (excluding diaryl/α,β-unsaturated/α-hetero) is 1. The molecule has 1 amide bonds. The second-order valence-electron chi connectivity index (χ2n) is 11.6. The van der Waals surface area contributed by atoms with Crippen molar-refractivity contribution in [2.24, 2.45) is 0 Å². The summed E-state index contributed by atoms with van der Waals surface area (Å²) < 4.78 is 22.8. The maximum absolute atomic E-state index is 12.0. The number of amides is 1. The summed E-state index contributed by atoms with van der Waals surface area (Å²) in [6.45, 7) is 12.0. The topological polar surface area (TPSA) is 83.1 Å². The molecule has 0 saturated carbocycles. The van der Waals surface area contributed by atoms with Crippen LogP contribution in [0, 0.1) is 0 Å². The Labute approximate surface area is 276 Å². The number of rotatable bonds is 25. The number of nitrogens with zero attached hydrogens (tertiary/aromatic N) is 2. The van der Waals surface area contributed by atoms with E-state index in [-0.39, 0.29) is 58.9 Å². The molecule has 246 valence electrons. The van der Waals surface area contributed by atoms with Gasteiger partial charge in [0, 0.05) is 43.7 Å². The van der Waals surface area contributed by atoms with Crippen LogP contribution in [0.3, 0.4) is 0 Å². The van der Waals surface area contributed by atoms with E-state index in [4.69, 9.17) is 18.9 Å². The predicted octanol–water partition coefficient (Wildman–Crippen LogP) is 0.773. The Bertz CT molecular complexity index is 758. The quantitative estimate of drug-likeness (QED) is 0.119. The highest BCUT2D eigenvalue weighted by molar-refractivity contribution is 8.93. The average Bonchev–Trinajstić information content (AvgIpc) is 2.90. The number of hydrogen-bond donors (Lipinski definition) is 1. The molecule has 0 fully saturated rings. The molecule has 1 aromatic rings. The van der Waals surface area contributed by atoms with Crippen molar-refractivity contribution in [1.82, 2.24) is 5.32 Å². The number of carbonyl (C=O) groups is 2. The van der Waals surface area contributed by atoms with Gasteiger partial charge in [-0.1, -0.05) is 24.3 Å². The smallest absolute Gasteiger partial charge is 0.246 e. The van der Waals surface area contributed by atoms with Crippen molar-refractivity contribution in [3.63, 3.8) is 0 Å². The van der Waals surface area contributed by atoms with Gasteiger partial charge in [0.25, 0.3) is 0 Å². The van der Waals surface area contributed by atoms with Gasteiger partial charge >= 0.3 is 0 Å². The fraction of sp³-hybridized carbons (Fsp3) is 0.742. The summed E-state index contributed by atoms with van der Waals surface area (Å²) >= 11 is 0. The molecule has 0 saturated heterocycles. The number of quaternary nitrogens is 2. The molecule has 0 aliphatic rings. The first-order chi connectivity index (χ1) is 19.1. The molecule has 11 heteroatoms. The van der Waals surface area contributed by atoms with Gasteiger partial charge in [0.05, 0.1) is 67.7 Å². The molecule has 1 N–H and O–H groups in total. The van der Waals surface area contributed by atoms with E-state index >= 15 is 0 Å². The highest BCUT2D eigenvalue weighted by Crippen LogP contribution is 2.15. The van der Waals surface area contributed by atoms with Crippen molar-refractivity contribution in [2.45, 2.75) is 52.6 Å². The van der Waals surface area contributed by atoms with Crippen molar-refractivity contribution in [3.8, 4) is 0 Å². The first-order valence-corrected chi connectivity index (χ1v) is 14.9. The molecule has 0 aliphatic carbocycles. The van der Waals surface area contributed by atoms with E-state index in [9.17, 15) is 9.59 Å². The average molecular weight is 729 g/mol. The third-order valence-electron chi connectivity index (χ3n) is 6.62. The molecule has 0 heterocycles.